The molecule has 1 rings (SSSR count). The van der Waals surface area contributed by atoms with Gasteiger partial charge in [0.15, 0.2) is 0 Å². The van der Waals surface area contributed by atoms with Crippen molar-refractivity contribution in [1.82, 2.24) is 0 Å². The number of unbranched alkanes of at least 4 members (excludes halogenated alkanes) is 1. The first-order valence-electron chi connectivity index (χ1n) is 6.51. The van der Waals surface area contributed by atoms with E-state index in [9.17, 15) is 0 Å². The Morgan fingerprint density at radius 3 is 2.38 bits per heavy atom. The van der Waals surface area contributed by atoms with Gasteiger partial charge in [0.2, 0.25) is 0 Å². The molecule has 0 aliphatic rings. The maximum Gasteiger partial charge on any atom is -0.0250 e. The van der Waals surface area contributed by atoms with Crippen LogP contribution in [0.2, 0.25) is 0 Å². The average molecular weight is 216 g/mol. The Balaban J connectivity index is 2.52. The molecule has 0 heterocycles. The summed E-state index contributed by atoms with van der Waals surface area (Å²) in [7, 11) is 0. The third-order valence-corrected chi connectivity index (χ3v) is 3.28. The van der Waals surface area contributed by atoms with Crippen LogP contribution in [-0.2, 0) is 6.42 Å². The first kappa shape index (κ1) is 13.0. The summed E-state index contributed by atoms with van der Waals surface area (Å²) in [6.07, 6.45) is 8.47. The molecule has 1 unspecified atom stereocenters. The summed E-state index contributed by atoms with van der Waals surface area (Å²) in [6.45, 7) is 8.35. The Labute approximate surface area is 100 Å². The van der Waals surface area contributed by atoms with Crippen molar-refractivity contribution in [3.63, 3.8) is 0 Å². The third kappa shape index (κ3) is 4.22. The van der Waals surface area contributed by atoms with Crippen LogP contribution in [0.1, 0.15) is 50.7 Å². The Bertz CT molecular complexity index is 294. The number of hydrogen-bond acceptors (Lipinski definition) is 0. The second kappa shape index (κ2) is 7.27. The second-order valence-electron chi connectivity index (χ2n) is 4.57. The van der Waals surface area contributed by atoms with Crippen molar-refractivity contribution in [2.75, 3.05) is 0 Å². The fraction of sp³-hybridized carbons (Fsp3) is 0.500. The molecule has 0 heteroatoms. The molecule has 0 amide bonds. The summed E-state index contributed by atoms with van der Waals surface area (Å²) < 4.78 is 0. The van der Waals surface area contributed by atoms with Gasteiger partial charge in [-0.1, -0.05) is 76.5 Å². The molecule has 0 spiro atoms. The van der Waals surface area contributed by atoms with Gasteiger partial charge in [0.05, 0.1) is 0 Å². The lowest BCUT2D eigenvalue weighted by molar-refractivity contribution is 0.449. The first-order valence-corrected chi connectivity index (χ1v) is 6.51. The van der Waals surface area contributed by atoms with Crippen molar-refractivity contribution < 1.29 is 0 Å². The van der Waals surface area contributed by atoms with E-state index in [0.717, 1.165) is 5.92 Å². The lowest BCUT2D eigenvalue weighted by Crippen LogP contribution is -2.03. The molecule has 0 aromatic heterocycles. The molecule has 1 atom stereocenters. The largest absolute Gasteiger partial charge is 0.0985 e. The molecule has 0 N–H and O–H groups in total. The van der Waals surface area contributed by atoms with Crippen LogP contribution in [0.3, 0.4) is 0 Å². The normalized spacial score (nSPS) is 12.4. The molecule has 0 saturated carbocycles. The van der Waals surface area contributed by atoms with Crippen molar-refractivity contribution in [3.05, 3.63) is 42.0 Å². The number of rotatable bonds is 7. The minimum absolute atomic E-state index is 0.856. The highest BCUT2D eigenvalue weighted by molar-refractivity contribution is 5.47. The Morgan fingerprint density at radius 1 is 1.19 bits per heavy atom. The highest BCUT2D eigenvalue weighted by Crippen LogP contribution is 2.19. The fourth-order valence-electron chi connectivity index (χ4n) is 2.07. The van der Waals surface area contributed by atoms with Gasteiger partial charge in [-0.05, 0) is 23.5 Å². The van der Waals surface area contributed by atoms with Gasteiger partial charge in [-0.3, -0.25) is 0 Å². The molecule has 0 radical (unpaired) electrons. The van der Waals surface area contributed by atoms with Crippen molar-refractivity contribution in [2.45, 2.75) is 46.0 Å². The van der Waals surface area contributed by atoms with Crippen LogP contribution in [0, 0.1) is 5.92 Å². The van der Waals surface area contributed by atoms with Crippen LogP contribution in [0.4, 0.5) is 0 Å². The van der Waals surface area contributed by atoms with Gasteiger partial charge in [-0.2, -0.15) is 0 Å². The Morgan fingerprint density at radius 2 is 1.88 bits per heavy atom. The lowest BCUT2D eigenvalue weighted by Gasteiger charge is -2.14. The van der Waals surface area contributed by atoms with E-state index >= 15 is 0 Å². The van der Waals surface area contributed by atoms with E-state index in [4.69, 9.17) is 0 Å². The van der Waals surface area contributed by atoms with Crippen molar-refractivity contribution in [3.8, 4) is 0 Å². The molecule has 0 nitrogen and oxygen atoms in total. The molecule has 16 heavy (non-hydrogen) atoms. The fourth-order valence-corrected chi connectivity index (χ4v) is 2.07. The zero-order valence-electron chi connectivity index (χ0n) is 10.7. The molecule has 0 saturated heterocycles. The zero-order chi connectivity index (χ0) is 11.8. The van der Waals surface area contributed by atoms with Crippen LogP contribution in [0.5, 0.6) is 0 Å². The molecule has 88 valence electrons. The van der Waals surface area contributed by atoms with E-state index in [-0.39, 0.29) is 0 Å². The zero-order valence-corrected chi connectivity index (χ0v) is 10.7. The summed E-state index contributed by atoms with van der Waals surface area (Å²) in [5.74, 6) is 0.856. The minimum atomic E-state index is 0.856. The number of benzene rings is 1. The van der Waals surface area contributed by atoms with E-state index in [1.807, 2.05) is 6.08 Å². The summed E-state index contributed by atoms with van der Waals surface area (Å²) >= 11 is 0. The predicted molar refractivity (Wildman–Crippen MR) is 73.5 cm³/mol. The van der Waals surface area contributed by atoms with Gasteiger partial charge < -0.3 is 0 Å². The van der Waals surface area contributed by atoms with E-state index in [2.05, 4.69) is 44.7 Å². The van der Waals surface area contributed by atoms with Crippen LogP contribution >= 0.6 is 0 Å². The van der Waals surface area contributed by atoms with Gasteiger partial charge in [-0.25, -0.2) is 0 Å². The van der Waals surface area contributed by atoms with E-state index in [0.29, 0.717) is 0 Å². The molecule has 0 fully saturated rings. The topological polar surface area (TPSA) is 0 Å². The van der Waals surface area contributed by atoms with Gasteiger partial charge in [0.1, 0.15) is 0 Å². The standard InChI is InChI=1S/C16H24/c1-4-7-8-15(6-3)13-16-11-9-14(5-2)10-12-16/h5,9-12,15H,2,4,6-8,13H2,1,3H3. The minimum Gasteiger partial charge on any atom is -0.0985 e. The van der Waals surface area contributed by atoms with Crippen molar-refractivity contribution >= 4 is 6.08 Å². The highest BCUT2D eigenvalue weighted by atomic mass is 14.1. The first-order chi connectivity index (χ1) is 7.80. The summed E-state index contributed by atoms with van der Waals surface area (Å²) in [6, 6.07) is 8.81. The molecule has 0 aliphatic carbocycles. The summed E-state index contributed by atoms with van der Waals surface area (Å²) in [5.41, 5.74) is 2.68. The van der Waals surface area contributed by atoms with E-state index in [1.54, 1.807) is 0 Å². The van der Waals surface area contributed by atoms with Crippen LogP contribution in [-0.4, -0.2) is 0 Å². The molecule has 1 aromatic carbocycles. The highest BCUT2D eigenvalue weighted by Gasteiger charge is 2.06. The van der Waals surface area contributed by atoms with Crippen LogP contribution in [0.15, 0.2) is 30.8 Å². The Kier molecular flexibility index (Phi) is 5.92. The maximum atomic E-state index is 3.78. The van der Waals surface area contributed by atoms with E-state index in [1.165, 1.54) is 43.2 Å². The van der Waals surface area contributed by atoms with Crippen LogP contribution < -0.4 is 0 Å². The molecule has 1 aromatic rings. The van der Waals surface area contributed by atoms with Gasteiger partial charge in [-0.15, -0.1) is 0 Å². The summed E-state index contributed by atoms with van der Waals surface area (Å²) in [4.78, 5) is 0. The van der Waals surface area contributed by atoms with Crippen molar-refractivity contribution in [1.29, 1.82) is 0 Å². The molecular formula is C16H24. The van der Waals surface area contributed by atoms with Gasteiger partial charge in [0.25, 0.3) is 0 Å². The SMILES string of the molecule is C=Cc1ccc(CC(CC)CCCC)cc1. The predicted octanol–water partition coefficient (Wildman–Crippen LogP) is 5.09. The van der Waals surface area contributed by atoms with Crippen LogP contribution in [0.25, 0.3) is 6.08 Å². The van der Waals surface area contributed by atoms with Gasteiger partial charge >= 0.3 is 0 Å². The second-order valence-corrected chi connectivity index (χ2v) is 4.57. The molecular weight excluding hydrogens is 192 g/mol. The summed E-state index contributed by atoms with van der Waals surface area (Å²) in [5, 5.41) is 0. The smallest absolute Gasteiger partial charge is 0.0250 e. The molecule has 0 bridgehead atoms. The maximum absolute atomic E-state index is 3.78. The number of hydrogen-bond donors (Lipinski definition) is 0. The van der Waals surface area contributed by atoms with Gasteiger partial charge in [0, 0.05) is 0 Å². The lowest BCUT2D eigenvalue weighted by atomic mass is 9.92. The van der Waals surface area contributed by atoms with Crippen molar-refractivity contribution in [2.24, 2.45) is 5.92 Å². The van der Waals surface area contributed by atoms with E-state index < -0.39 is 0 Å². The quantitative estimate of drug-likeness (QED) is 0.595. The average Bonchev–Trinajstić information content (AvgIpc) is 2.35. The Hall–Kier alpha value is -1.04. The monoisotopic (exact) mass is 216 g/mol. The molecule has 0 aliphatic heterocycles. The third-order valence-electron chi connectivity index (χ3n) is 3.28.